The smallest absolute Gasteiger partial charge is 0.250 e. The van der Waals surface area contributed by atoms with Crippen LogP contribution < -0.4 is 10.5 Å². The highest BCUT2D eigenvalue weighted by atomic mass is 35.5. The summed E-state index contributed by atoms with van der Waals surface area (Å²) in [5.74, 6) is 0. The molecule has 0 amide bonds. The van der Waals surface area contributed by atoms with Crippen molar-refractivity contribution in [2.24, 2.45) is 0 Å². The number of para-hydroxylation sites is 1. The van der Waals surface area contributed by atoms with Gasteiger partial charge >= 0.3 is 0 Å². The summed E-state index contributed by atoms with van der Waals surface area (Å²) in [5, 5.41) is 0. The molecule has 2 aromatic rings. The molecule has 0 spiro atoms. The summed E-state index contributed by atoms with van der Waals surface area (Å²) in [5.41, 5.74) is 7.04. The van der Waals surface area contributed by atoms with Crippen molar-refractivity contribution >= 4 is 38.6 Å². The number of nitrogens with one attached hydrogen (secondary N) is 1. The van der Waals surface area contributed by atoms with Gasteiger partial charge in [0, 0.05) is 12.2 Å². The van der Waals surface area contributed by atoms with Crippen LogP contribution in [0.2, 0.25) is 4.34 Å². The van der Waals surface area contributed by atoms with Gasteiger partial charge in [-0.3, -0.25) is 0 Å². The highest BCUT2D eigenvalue weighted by molar-refractivity contribution is 7.91. The van der Waals surface area contributed by atoms with Crippen molar-refractivity contribution in [1.29, 1.82) is 0 Å². The molecule has 3 N–H and O–H groups in total. The average molecular weight is 303 g/mol. The van der Waals surface area contributed by atoms with Crippen LogP contribution in [0.5, 0.6) is 0 Å². The van der Waals surface area contributed by atoms with Gasteiger partial charge in [-0.2, -0.15) is 0 Å². The van der Waals surface area contributed by atoms with E-state index in [9.17, 15) is 8.42 Å². The maximum Gasteiger partial charge on any atom is 0.250 e. The van der Waals surface area contributed by atoms with Crippen LogP contribution in [-0.4, -0.2) is 8.42 Å². The van der Waals surface area contributed by atoms with E-state index in [0.29, 0.717) is 10.0 Å². The zero-order valence-electron chi connectivity index (χ0n) is 9.26. The first-order valence-corrected chi connectivity index (χ1v) is 7.75. The van der Waals surface area contributed by atoms with Crippen molar-refractivity contribution in [2.45, 2.75) is 10.8 Å². The van der Waals surface area contributed by atoms with Gasteiger partial charge in [0.1, 0.15) is 4.21 Å². The fourth-order valence-corrected chi connectivity index (χ4v) is 3.92. The predicted molar refractivity (Wildman–Crippen MR) is 74.2 cm³/mol. The molecule has 7 heteroatoms. The summed E-state index contributed by atoms with van der Waals surface area (Å²) in [6.45, 7) is 0.157. The monoisotopic (exact) mass is 302 g/mol. The number of benzene rings is 1. The predicted octanol–water partition coefficient (Wildman–Crippen LogP) is 2.46. The van der Waals surface area contributed by atoms with Gasteiger partial charge in [-0.1, -0.05) is 29.8 Å². The molecule has 0 atom stereocenters. The highest BCUT2D eigenvalue weighted by Gasteiger charge is 2.16. The van der Waals surface area contributed by atoms with Crippen LogP contribution in [0.25, 0.3) is 0 Å². The van der Waals surface area contributed by atoms with Crippen LogP contribution in [0.4, 0.5) is 5.69 Å². The Bertz CT molecular complexity index is 653. The van der Waals surface area contributed by atoms with E-state index in [1.807, 2.05) is 6.07 Å². The Kier molecular flexibility index (Phi) is 3.91. The van der Waals surface area contributed by atoms with Gasteiger partial charge in [-0.15, -0.1) is 11.3 Å². The lowest BCUT2D eigenvalue weighted by atomic mass is 10.2. The number of sulfonamides is 1. The van der Waals surface area contributed by atoms with E-state index < -0.39 is 10.0 Å². The van der Waals surface area contributed by atoms with Gasteiger partial charge in [0.15, 0.2) is 0 Å². The van der Waals surface area contributed by atoms with Crippen LogP contribution in [0.1, 0.15) is 5.56 Å². The highest BCUT2D eigenvalue weighted by Crippen LogP contribution is 2.25. The number of nitrogens with two attached hydrogens (primary N) is 1. The molecule has 0 fully saturated rings. The van der Waals surface area contributed by atoms with Crippen molar-refractivity contribution in [3.63, 3.8) is 0 Å². The second kappa shape index (κ2) is 5.27. The molecular weight excluding hydrogens is 292 g/mol. The summed E-state index contributed by atoms with van der Waals surface area (Å²) in [4.78, 5) is 0. The molecule has 0 saturated heterocycles. The average Bonchev–Trinajstić information content (AvgIpc) is 2.76. The Labute approximate surface area is 114 Å². The Hall–Kier alpha value is -1.08. The summed E-state index contributed by atoms with van der Waals surface area (Å²) in [7, 11) is -3.53. The third-order valence-electron chi connectivity index (χ3n) is 2.32. The van der Waals surface area contributed by atoms with Crippen molar-refractivity contribution in [3.8, 4) is 0 Å². The molecule has 0 aliphatic heterocycles. The third kappa shape index (κ3) is 3.02. The molecule has 1 aromatic carbocycles. The van der Waals surface area contributed by atoms with E-state index in [1.54, 1.807) is 24.3 Å². The summed E-state index contributed by atoms with van der Waals surface area (Å²) in [6, 6.07) is 10.1. The number of rotatable bonds is 4. The second-order valence-electron chi connectivity index (χ2n) is 3.58. The minimum atomic E-state index is -3.53. The van der Waals surface area contributed by atoms with Crippen molar-refractivity contribution in [3.05, 3.63) is 46.3 Å². The molecule has 1 heterocycles. The molecule has 2 rings (SSSR count). The van der Waals surface area contributed by atoms with E-state index in [1.165, 1.54) is 6.07 Å². The molecule has 0 aliphatic carbocycles. The van der Waals surface area contributed by atoms with Gasteiger partial charge < -0.3 is 5.73 Å². The van der Waals surface area contributed by atoms with Gasteiger partial charge in [-0.05, 0) is 23.8 Å². The second-order valence-corrected chi connectivity index (χ2v) is 7.29. The largest absolute Gasteiger partial charge is 0.398 e. The van der Waals surface area contributed by atoms with Gasteiger partial charge in [-0.25, -0.2) is 13.1 Å². The normalized spacial score (nSPS) is 11.6. The number of hydrogen-bond donors (Lipinski definition) is 2. The lowest BCUT2D eigenvalue weighted by Crippen LogP contribution is -2.22. The van der Waals surface area contributed by atoms with E-state index in [0.717, 1.165) is 16.9 Å². The lowest BCUT2D eigenvalue weighted by molar-refractivity contribution is 0.583. The molecule has 1 aromatic heterocycles. The minimum absolute atomic E-state index is 0.157. The summed E-state index contributed by atoms with van der Waals surface area (Å²) < 4.78 is 27.0. The lowest BCUT2D eigenvalue weighted by Gasteiger charge is -2.07. The van der Waals surface area contributed by atoms with Crippen LogP contribution in [-0.2, 0) is 16.6 Å². The first-order chi connectivity index (χ1) is 8.49. The Morgan fingerprint density at radius 3 is 2.56 bits per heavy atom. The standard InChI is InChI=1S/C11H11ClN2O2S2/c12-10-5-6-11(17-10)18(15,16)14-7-8-3-1-2-4-9(8)13/h1-6,14H,7,13H2. The van der Waals surface area contributed by atoms with Crippen molar-refractivity contribution < 1.29 is 8.42 Å². The number of nitrogen functional groups attached to an aromatic ring is 1. The zero-order valence-corrected chi connectivity index (χ0v) is 11.6. The van der Waals surface area contributed by atoms with Crippen LogP contribution in [0, 0.1) is 0 Å². The first kappa shape index (κ1) is 13.4. The van der Waals surface area contributed by atoms with Crippen molar-refractivity contribution in [1.82, 2.24) is 4.72 Å². The quantitative estimate of drug-likeness (QED) is 0.852. The van der Waals surface area contributed by atoms with E-state index in [4.69, 9.17) is 17.3 Å². The number of anilines is 1. The molecule has 0 bridgehead atoms. The van der Waals surface area contributed by atoms with E-state index >= 15 is 0 Å². The maximum atomic E-state index is 11.9. The van der Waals surface area contributed by atoms with Gasteiger partial charge in [0.25, 0.3) is 0 Å². The maximum absolute atomic E-state index is 11.9. The van der Waals surface area contributed by atoms with Crippen LogP contribution in [0.3, 0.4) is 0 Å². The van der Waals surface area contributed by atoms with Crippen molar-refractivity contribution in [2.75, 3.05) is 5.73 Å². The molecular formula is C11H11ClN2O2S2. The van der Waals surface area contributed by atoms with E-state index in [2.05, 4.69) is 4.72 Å². The van der Waals surface area contributed by atoms with Gasteiger partial charge in [0.2, 0.25) is 10.0 Å². The number of halogens is 1. The molecule has 0 radical (unpaired) electrons. The SMILES string of the molecule is Nc1ccccc1CNS(=O)(=O)c1ccc(Cl)s1. The van der Waals surface area contributed by atoms with Crippen LogP contribution in [0.15, 0.2) is 40.6 Å². The molecule has 4 nitrogen and oxygen atoms in total. The van der Waals surface area contributed by atoms with E-state index in [-0.39, 0.29) is 10.8 Å². The Balaban J connectivity index is 2.13. The summed E-state index contributed by atoms with van der Waals surface area (Å²) >= 11 is 6.73. The molecule has 0 unspecified atom stereocenters. The fraction of sp³-hybridized carbons (Fsp3) is 0.0909. The molecule has 0 saturated carbocycles. The van der Waals surface area contributed by atoms with Crippen LogP contribution >= 0.6 is 22.9 Å². The zero-order chi connectivity index (χ0) is 13.2. The third-order valence-corrected chi connectivity index (χ3v) is 5.45. The Morgan fingerprint density at radius 2 is 1.94 bits per heavy atom. The molecule has 96 valence electrons. The molecule has 0 aliphatic rings. The topological polar surface area (TPSA) is 72.2 Å². The Morgan fingerprint density at radius 1 is 1.22 bits per heavy atom. The fourth-order valence-electron chi connectivity index (χ4n) is 1.38. The van der Waals surface area contributed by atoms with Gasteiger partial charge in [0.05, 0.1) is 4.34 Å². The summed E-state index contributed by atoms with van der Waals surface area (Å²) in [6.07, 6.45) is 0. The first-order valence-electron chi connectivity index (χ1n) is 5.07. The molecule has 18 heavy (non-hydrogen) atoms. The number of thiophene rings is 1. The number of hydrogen-bond acceptors (Lipinski definition) is 4. The minimum Gasteiger partial charge on any atom is -0.398 e.